The fraction of sp³-hybridized carbons (Fsp3) is 0. The van der Waals surface area contributed by atoms with E-state index >= 15 is 0 Å². The second-order valence-electron chi connectivity index (χ2n) is 3.65. The van der Waals surface area contributed by atoms with Crippen LogP contribution in [0.1, 0.15) is 0 Å². The normalized spacial score (nSPS) is 14.2. The fourth-order valence-electron chi connectivity index (χ4n) is 1.16. The van der Waals surface area contributed by atoms with Gasteiger partial charge in [0.2, 0.25) is 0 Å². The summed E-state index contributed by atoms with van der Waals surface area (Å²) in [6, 6.07) is 2.87. The van der Waals surface area contributed by atoms with Crippen molar-refractivity contribution in [3.63, 3.8) is 0 Å². The van der Waals surface area contributed by atoms with Gasteiger partial charge in [-0.25, -0.2) is 0 Å². The highest BCUT2D eigenvalue weighted by Gasteiger charge is 2.10. The lowest BCUT2D eigenvalue weighted by Gasteiger charge is -2.06. The number of hydrogen-bond acceptors (Lipinski definition) is 3. The molecule has 1 aliphatic carbocycles. The van der Waals surface area contributed by atoms with Gasteiger partial charge in [-0.1, -0.05) is 46.4 Å². The Hall–Kier alpha value is -0.700. The number of nitrogens with two attached hydrogens (primary N) is 1. The Balaban J connectivity index is 0.000000200. The third kappa shape index (κ3) is 4.69. The van der Waals surface area contributed by atoms with Crippen LogP contribution in [-0.4, -0.2) is 16.1 Å². The van der Waals surface area contributed by atoms with Gasteiger partial charge in [-0.05, 0) is 24.3 Å². The first kappa shape index (κ1) is 17.4. The molecular weight excluding hydrogens is 361 g/mol. The van der Waals surface area contributed by atoms with Crippen molar-refractivity contribution in [2.45, 2.75) is 0 Å². The highest BCUT2D eigenvalue weighted by atomic mass is 35.5. The highest BCUT2D eigenvalue weighted by molar-refractivity contribution is 7.25. The van der Waals surface area contributed by atoms with Gasteiger partial charge in [0, 0.05) is 11.0 Å². The van der Waals surface area contributed by atoms with Crippen LogP contribution >= 0.6 is 55.3 Å². The number of rotatable bonds is 0. The smallest absolute Gasteiger partial charge is 0.152 e. The van der Waals surface area contributed by atoms with Crippen molar-refractivity contribution in [3.8, 4) is 5.75 Å². The summed E-state index contributed by atoms with van der Waals surface area (Å²) in [5, 5.41) is 18.1. The number of anilines is 1. The summed E-state index contributed by atoms with van der Waals surface area (Å²) < 4.78 is 0. The number of allylic oxidation sites excluding steroid dienone is 4. The molecule has 1 aromatic rings. The molecule has 0 bridgehead atoms. The molecule has 0 fully saturated rings. The quantitative estimate of drug-likeness (QED) is 0.347. The molecule has 1 aromatic carbocycles. The number of nitrogens with one attached hydrogen (secondary N) is 1. The largest absolute Gasteiger partial charge is 0.505 e. The van der Waals surface area contributed by atoms with Crippen molar-refractivity contribution in [2.75, 3.05) is 5.73 Å². The molecule has 106 valence electrons. The minimum absolute atomic E-state index is 0.127. The number of hydrogen-bond donors (Lipinski definition) is 3. The number of phenols is 1. The Kier molecular flexibility index (Phi) is 6.38. The molecule has 0 aromatic heterocycles. The van der Waals surface area contributed by atoms with Crippen molar-refractivity contribution < 1.29 is 5.11 Å². The number of halogens is 4. The van der Waals surface area contributed by atoms with Crippen molar-refractivity contribution in [3.05, 3.63) is 44.4 Å². The van der Waals surface area contributed by atoms with Crippen LogP contribution in [0.2, 0.25) is 10.0 Å². The molecule has 0 atom stereocenters. The molecule has 0 saturated heterocycles. The Morgan fingerprint density at radius 3 is 1.80 bits per heavy atom. The Labute approximate surface area is 138 Å². The first-order chi connectivity index (χ1) is 9.22. The zero-order valence-corrected chi connectivity index (χ0v) is 13.9. The molecule has 3 nitrogen and oxygen atoms in total. The highest BCUT2D eigenvalue weighted by Crippen LogP contribution is 2.33. The van der Waals surface area contributed by atoms with Crippen LogP contribution in [0.4, 0.5) is 5.69 Å². The summed E-state index contributed by atoms with van der Waals surface area (Å²) in [5.41, 5.74) is 6.10. The summed E-state index contributed by atoms with van der Waals surface area (Å²) in [7, 11) is 3.22. The summed E-state index contributed by atoms with van der Waals surface area (Å²) >= 11 is 22.3. The molecule has 0 spiro atoms. The third-order valence-electron chi connectivity index (χ3n) is 2.08. The van der Waals surface area contributed by atoms with E-state index in [-0.39, 0.29) is 15.8 Å². The van der Waals surface area contributed by atoms with Gasteiger partial charge in [-0.3, -0.25) is 0 Å². The molecule has 20 heavy (non-hydrogen) atoms. The van der Waals surface area contributed by atoms with Gasteiger partial charge < -0.3 is 16.2 Å². The van der Waals surface area contributed by atoms with Gasteiger partial charge in [-0.15, -0.1) is 8.86 Å². The number of nitrogen functional groups attached to an aromatic ring is 1. The average molecular weight is 370 g/mol. The maximum Gasteiger partial charge on any atom is 0.152 e. The first-order valence-corrected chi connectivity index (χ1v) is 7.09. The second-order valence-corrected chi connectivity index (χ2v) is 5.78. The molecule has 0 heterocycles. The van der Waals surface area contributed by atoms with E-state index in [0.29, 0.717) is 26.8 Å². The van der Waals surface area contributed by atoms with Crippen molar-refractivity contribution in [1.82, 2.24) is 0 Å². The van der Waals surface area contributed by atoms with Gasteiger partial charge in [0.25, 0.3) is 0 Å². The molecule has 0 saturated carbocycles. The van der Waals surface area contributed by atoms with Gasteiger partial charge in [0.15, 0.2) is 5.75 Å². The zero-order valence-electron chi connectivity index (χ0n) is 9.85. The van der Waals surface area contributed by atoms with Gasteiger partial charge in [-0.2, -0.15) is 0 Å². The minimum atomic E-state index is -0.127. The van der Waals surface area contributed by atoms with Crippen molar-refractivity contribution in [1.29, 1.82) is 5.41 Å². The summed E-state index contributed by atoms with van der Waals surface area (Å²) in [5.74, 6) is -0.127. The van der Waals surface area contributed by atoms with E-state index in [1.54, 1.807) is 0 Å². The van der Waals surface area contributed by atoms with E-state index in [0.717, 1.165) is 0 Å². The zero-order chi connectivity index (χ0) is 15.4. The number of benzene rings is 1. The van der Waals surface area contributed by atoms with Gasteiger partial charge in [0.05, 0.1) is 25.8 Å². The molecule has 1 aliphatic rings. The third-order valence-corrected chi connectivity index (χ3v) is 4.11. The topological polar surface area (TPSA) is 70.1 Å². The molecule has 8 heteroatoms. The van der Waals surface area contributed by atoms with Crippen LogP contribution in [0.5, 0.6) is 5.75 Å². The van der Waals surface area contributed by atoms with E-state index in [2.05, 4.69) is 8.86 Å². The predicted molar refractivity (Wildman–Crippen MR) is 91.5 cm³/mol. The maximum atomic E-state index is 9.01. The van der Waals surface area contributed by atoms with E-state index in [1.165, 1.54) is 24.3 Å². The summed E-state index contributed by atoms with van der Waals surface area (Å²) in [6.45, 7) is 0. The van der Waals surface area contributed by atoms with Crippen LogP contribution in [0, 0.1) is 5.41 Å². The second kappa shape index (κ2) is 7.35. The molecule has 0 amide bonds. The van der Waals surface area contributed by atoms with E-state index in [4.69, 9.17) is 62.7 Å². The SMILES string of the molecule is N=C1C=C(Cl)C(=P)C(Cl)=C1.Nc1cc(Cl)c(O)c(Cl)c1. The monoisotopic (exact) mass is 368 g/mol. The van der Waals surface area contributed by atoms with Crippen LogP contribution in [-0.2, 0) is 0 Å². The predicted octanol–water partition coefficient (Wildman–Crippen LogP) is 4.86. The van der Waals surface area contributed by atoms with Crippen molar-refractivity contribution in [2.24, 2.45) is 0 Å². The lowest BCUT2D eigenvalue weighted by Crippen LogP contribution is -2.04. The molecule has 0 unspecified atom stereocenters. The average Bonchev–Trinajstić information content (AvgIpc) is 2.33. The number of aromatic hydroxyl groups is 1. The Morgan fingerprint density at radius 2 is 1.40 bits per heavy atom. The van der Waals surface area contributed by atoms with E-state index in [1.807, 2.05) is 0 Å². The lowest BCUT2D eigenvalue weighted by molar-refractivity contribution is 0.476. The lowest BCUT2D eigenvalue weighted by atomic mass is 10.2. The van der Waals surface area contributed by atoms with Crippen LogP contribution in [0.3, 0.4) is 0 Å². The standard InChI is InChI=1S/C6H5Cl2NO.C6H4Cl2NP/c2*7-4-1-3(9)2-5(8)6(4)10/h1-2,10H,9H2;1-2,9-10H. The van der Waals surface area contributed by atoms with E-state index in [9.17, 15) is 0 Å². The van der Waals surface area contributed by atoms with Crippen LogP contribution < -0.4 is 5.73 Å². The van der Waals surface area contributed by atoms with Crippen LogP contribution in [0.15, 0.2) is 34.3 Å². The van der Waals surface area contributed by atoms with Crippen molar-refractivity contribution >= 4 is 72.0 Å². The molecule has 4 N–H and O–H groups in total. The fourth-order valence-corrected chi connectivity index (χ4v) is 2.29. The Morgan fingerprint density at radius 1 is 1.00 bits per heavy atom. The molecule has 2 rings (SSSR count). The number of phenolic OH excluding ortho intramolecular Hbond substituents is 1. The summed E-state index contributed by atoms with van der Waals surface area (Å²) in [6.07, 6.45) is 3.05. The van der Waals surface area contributed by atoms with Crippen LogP contribution in [0.25, 0.3) is 0 Å². The van der Waals surface area contributed by atoms with E-state index < -0.39 is 0 Å². The molecule has 0 aliphatic heterocycles. The molecular formula is C12H9Cl4N2OP. The molecule has 0 radical (unpaired) electrons. The Bertz CT molecular complexity index is 593. The summed E-state index contributed by atoms with van der Waals surface area (Å²) in [4.78, 5) is 0. The maximum absolute atomic E-state index is 9.01. The first-order valence-electron chi connectivity index (χ1n) is 5.08. The van der Waals surface area contributed by atoms with Gasteiger partial charge >= 0.3 is 0 Å². The van der Waals surface area contributed by atoms with Gasteiger partial charge in [0.1, 0.15) is 0 Å². The minimum Gasteiger partial charge on any atom is -0.505 e.